The van der Waals surface area contributed by atoms with Gasteiger partial charge in [0.05, 0.1) is 6.10 Å². The average molecular weight is 308 g/mol. The molecule has 3 aliphatic rings. The molecule has 0 aromatic carbocycles. The Morgan fingerprint density at radius 1 is 1.36 bits per heavy atom. The van der Waals surface area contributed by atoms with Crippen molar-refractivity contribution >= 4 is 5.91 Å². The minimum Gasteiger partial charge on any atom is -0.378 e. The maximum atomic E-state index is 12.4. The molecule has 0 aromatic rings. The first kappa shape index (κ1) is 16.3. The zero-order chi connectivity index (χ0) is 15.6. The van der Waals surface area contributed by atoms with Gasteiger partial charge in [0.1, 0.15) is 0 Å². The van der Waals surface area contributed by atoms with Crippen LogP contribution >= 0.6 is 0 Å². The van der Waals surface area contributed by atoms with Crippen LogP contribution in [-0.4, -0.2) is 37.7 Å². The van der Waals surface area contributed by atoms with Crippen LogP contribution in [-0.2, 0) is 9.53 Å². The smallest absolute Gasteiger partial charge is 0.220 e. The van der Waals surface area contributed by atoms with E-state index in [0.29, 0.717) is 30.4 Å². The van der Waals surface area contributed by atoms with E-state index in [0.717, 1.165) is 26.1 Å². The first-order valence-electron chi connectivity index (χ1n) is 9.27. The van der Waals surface area contributed by atoms with Crippen molar-refractivity contribution in [3.8, 4) is 0 Å². The number of nitrogens with one attached hydrogen (secondary N) is 2. The standard InChI is InChI=1S/C18H32N2O2/c1-3-22-16-12-15(18(16)7-4-8-18)20-17(21)11-13(2)14-5-9-19-10-6-14/h13-16,19H,3-12H2,1-2H3,(H,20,21). The Morgan fingerprint density at radius 3 is 2.68 bits per heavy atom. The summed E-state index contributed by atoms with van der Waals surface area (Å²) in [5, 5.41) is 6.73. The van der Waals surface area contributed by atoms with Crippen LogP contribution in [0.2, 0.25) is 0 Å². The fraction of sp³-hybridized carbons (Fsp3) is 0.944. The highest BCUT2D eigenvalue weighted by atomic mass is 16.5. The summed E-state index contributed by atoms with van der Waals surface area (Å²) in [6.45, 7) is 7.33. The van der Waals surface area contributed by atoms with Crippen LogP contribution in [0.15, 0.2) is 0 Å². The van der Waals surface area contributed by atoms with Gasteiger partial charge in [-0.3, -0.25) is 4.79 Å². The van der Waals surface area contributed by atoms with Crippen molar-refractivity contribution in [2.45, 2.75) is 70.9 Å². The summed E-state index contributed by atoms with van der Waals surface area (Å²) in [6, 6.07) is 0.366. The second-order valence-electron chi connectivity index (χ2n) is 7.66. The van der Waals surface area contributed by atoms with Crippen LogP contribution in [0.5, 0.6) is 0 Å². The first-order chi connectivity index (χ1) is 10.7. The number of piperidine rings is 1. The highest BCUT2D eigenvalue weighted by Crippen LogP contribution is 2.57. The van der Waals surface area contributed by atoms with E-state index in [2.05, 4.69) is 24.5 Å². The van der Waals surface area contributed by atoms with E-state index in [-0.39, 0.29) is 11.3 Å². The van der Waals surface area contributed by atoms with Crippen LogP contribution in [0.1, 0.15) is 58.8 Å². The van der Waals surface area contributed by atoms with E-state index in [1.807, 2.05) is 0 Å². The summed E-state index contributed by atoms with van der Waals surface area (Å²) in [6.07, 6.45) is 8.28. The SMILES string of the molecule is CCOC1CC(NC(=O)CC(C)C2CCNCC2)C12CCC2. The molecule has 1 spiro atoms. The zero-order valence-electron chi connectivity index (χ0n) is 14.2. The van der Waals surface area contributed by atoms with Gasteiger partial charge >= 0.3 is 0 Å². The lowest BCUT2D eigenvalue weighted by molar-refractivity contribution is -0.176. The van der Waals surface area contributed by atoms with Gasteiger partial charge in [-0.15, -0.1) is 0 Å². The molecule has 3 rings (SSSR count). The predicted molar refractivity (Wildman–Crippen MR) is 87.6 cm³/mol. The fourth-order valence-corrected chi connectivity index (χ4v) is 4.77. The van der Waals surface area contributed by atoms with Crippen molar-refractivity contribution in [2.75, 3.05) is 19.7 Å². The molecule has 3 unspecified atom stereocenters. The number of amides is 1. The Hall–Kier alpha value is -0.610. The van der Waals surface area contributed by atoms with Crippen molar-refractivity contribution in [3.63, 3.8) is 0 Å². The average Bonchev–Trinajstić information content (AvgIpc) is 2.45. The summed E-state index contributed by atoms with van der Waals surface area (Å²) >= 11 is 0. The van der Waals surface area contributed by atoms with Gasteiger partial charge in [-0.05, 0) is 64.0 Å². The Morgan fingerprint density at radius 2 is 2.09 bits per heavy atom. The first-order valence-corrected chi connectivity index (χ1v) is 9.27. The van der Waals surface area contributed by atoms with Gasteiger partial charge in [0.15, 0.2) is 0 Å². The molecule has 22 heavy (non-hydrogen) atoms. The van der Waals surface area contributed by atoms with Crippen LogP contribution in [0, 0.1) is 17.3 Å². The lowest BCUT2D eigenvalue weighted by atomic mass is 9.51. The van der Waals surface area contributed by atoms with Crippen molar-refractivity contribution in [2.24, 2.45) is 17.3 Å². The normalized spacial score (nSPS) is 32.1. The maximum Gasteiger partial charge on any atom is 0.220 e. The lowest BCUT2D eigenvalue weighted by Crippen LogP contribution is -2.67. The summed E-state index contributed by atoms with van der Waals surface area (Å²) in [5.41, 5.74) is 0.281. The molecule has 2 N–H and O–H groups in total. The second-order valence-corrected chi connectivity index (χ2v) is 7.66. The molecule has 2 aliphatic carbocycles. The largest absolute Gasteiger partial charge is 0.378 e. The van der Waals surface area contributed by atoms with Gasteiger partial charge in [-0.25, -0.2) is 0 Å². The Balaban J connectivity index is 1.46. The minimum absolute atomic E-state index is 0.261. The van der Waals surface area contributed by atoms with Gasteiger partial charge in [-0.2, -0.15) is 0 Å². The van der Waals surface area contributed by atoms with Crippen LogP contribution in [0.3, 0.4) is 0 Å². The Kier molecular flexibility index (Phi) is 5.08. The van der Waals surface area contributed by atoms with Crippen molar-refractivity contribution in [3.05, 3.63) is 0 Å². The number of rotatable bonds is 6. The molecule has 0 radical (unpaired) electrons. The van der Waals surface area contributed by atoms with Crippen LogP contribution in [0.25, 0.3) is 0 Å². The number of hydrogen-bond donors (Lipinski definition) is 2. The van der Waals surface area contributed by atoms with E-state index in [9.17, 15) is 4.79 Å². The van der Waals surface area contributed by atoms with Gasteiger partial charge < -0.3 is 15.4 Å². The molecule has 3 atom stereocenters. The van der Waals surface area contributed by atoms with Gasteiger partial charge in [-0.1, -0.05) is 13.3 Å². The minimum atomic E-state index is 0.261. The van der Waals surface area contributed by atoms with E-state index < -0.39 is 0 Å². The third kappa shape index (κ3) is 3.05. The number of carbonyl (C=O) groups excluding carboxylic acids is 1. The van der Waals surface area contributed by atoms with Crippen molar-refractivity contribution in [1.29, 1.82) is 0 Å². The van der Waals surface area contributed by atoms with Crippen LogP contribution in [0.4, 0.5) is 0 Å². The molecule has 4 nitrogen and oxygen atoms in total. The van der Waals surface area contributed by atoms with Gasteiger partial charge in [0.2, 0.25) is 5.91 Å². The summed E-state index contributed by atoms with van der Waals surface area (Å²) < 4.78 is 5.87. The topological polar surface area (TPSA) is 50.4 Å². The molecule has 1 saturated heterocycles. The lowest BCUT2D eigenvalue weighted by Gasteiger charge is -2.61. The molecule has 3 fully saturated rings. The molecule has 0 aromatic heterocycles. The molecule has 0 bridgehead atoms. The molecule has 1 heterocycles. The highest BCUT2D eigenvalue weighted by molar-refractivity contribution is 5.76. The molecule has 4 heteroatoms. The predicted octanol–water partition coefficient (Wildman–Crippen LogP) is 2.48. The highest BCUT2D eigenvalue weighted by Gasteiger charge is 2.59. The Labute approximate surface area is 134 Å². The number of hydrogen-bond acceptors (Lipinski definition) is 3. The van der Waals surface area contributed by atoms with E-state index in [4.69, 9.17) is 4.74 Å². The van der Waals surface area contributed by atoms with E-state index >= 15 is 0 Å². The fourth-order valence-electron chi connectivity index (χ4n) is 4.77. The third-order valence-corrected chi connectivity index (χ3v) is 6.47. The maximum absolute atomic E-state index is 12.4. The van der Waals surface area contributed by atoms with E-state index in [1.165, 1.54) is 32.1 Å². The molecule has 1 amide bonds. The molecule has 2 saturated carbocycles. The number of carbonyl (C=O) groups is 1. The van der Waals surface area contributed by atoms with Crippen LogP contribution < -0.4 is 10.6 Å². The van der Waals surface area contributed by atoms with Crippen molar-refractivity contribution in [1.82, 2.24) is 10.6 Å². The summed E-state index contributed by atoms with van der Waals surface area (Å²) in [7, 11) is 0. The Bertz CT molecular complexity index is 389. The molecular formula is C18H32N2O2. The third-order valence-electron chi connectivity index (χ3n) is 6.47. The second kappa shape index (κ2) is 6.88. The summed E-state index contributed by atoms with van der Waals surface area (Å²) in [5.74, 6) is 1.47. The zero-order valence-corrected chi connectivity index (χ0v) is 14.2. The number of ether oxygens (including phenoxy) is 1. The van der Waals surface area contributed by atoms with Gasteiger partial charge in [0, 0.05) is 24.5 Å². The monoisotopic (exact) mass is 308 g/mol. The quantitative estimate of drug-likeness (QED) is 0.792. The molecule has 126 valence electrons. The summed E-state index contributed by atoms with van der Waals surface area (Å²) in [4.78, 5) is 12.4. The molecule has 1 aliphatic heterocycles. The van der Waals surface area contributed by atoms with E-state index in [1.54, 1.807) is 0 Å². The van der Waals surface area contributed by atoms with Crippen molar-refractivity contribution < 1.29 is 9.53 Å². The van der Waals surface area contributed by atoms with Gasteiger partial charge in [0.25, 0.3) is 0 Å². The molecular weight excluding hydrogens is 276 g/mol.